The van der Waals surface area contributed by atoms with Gasteiger partial charge in [-0.25, -0.2) is 0 Å². The smallest absolute Gasteiger partial charge is 0.133 e. The highest BCUT2D eigenvalue weighted by Crippen LogP contribution is 2.26. The lowest BCUT2D eigenvalue weighted by Crippen LogP contribution is -2.41. The zero-order valence-electron chi connectivity index (χ0n) is 10.7. The quantitative estimate of drug-likeness (QED) is 0.627. The van der Waals surface area contributed by atoms with Gasteiger partial charge in [0.1, 0.15) is 5.75 Å². The summed E-state index contributed by atoms with van der Waals surface area (Å²) in [5.41, 5.74) is 4.15. The van der Waals surface area contributed by atoms with Gasteiger partial charge >= 0.3 is 0 Å². The predicted octanol–water partition coefficient (Wildman–Crippen LogP) is 2.88. The number of halogens is 1. The Morgan fingerprint density at radius 3 is 2.65 bits per heavy atom. The summed E-state index contributed by atoms with van der Waals surface area (Å²) in [4.78, 5) is 0. The molecule has 0 aromatic heterocycles. The van der Waals surface area contributed by atoms with E-state index in [2.05, 4.69) is 47.3 Å². The normalized spacial score (nSPS) is 14.4. The summed E-state index contributed by atoms with van der Waals surface area (Å²) in [5.74, 6) is 7.02. The monoisotopic (exact) mass is 300 g/mol. The maximum atomic E-state index is 5.60. The molecule has 1 aromatic rings. The molecule has 0 saturated heterocycles. The molecule has 0 aliphatic rings. The molecule has 2 unspecified atom stereocenters. The Labute approximate surface area is 112 Å². The van der Waals surface area contributed by atoms with Gasteiger partial charge in [0.15, 0.2) is 0 Å². The molecule has 0 heterocycles. The SMILES string of the molecule is CCC(C)C(Cc1ccc(OC)c(Br)c1)NN. The van der Waals surface area contributed by atoms with Crippen LogP contribution in [-0.2, 0) is 6.42 Å². The van der Waals surface area contributed by atoms with Crippen molar-refractivity contribution in [2.45, 2.75) is 32.7 Å². The van der Waals surface area contributed by atoms with Gasteiger partial charge in [0.05, 0.1) is 11.6 Å². The molecule has 3 N–H and O–H groups in total. The number of rotatable bonds is 6. The van der Waals surface area contributed by atoms with Crippen molar-refractivity contribution in [3.05, 3.63) is 28.2 Å². The molecule has 2 atom stereocenters. The van der Waals surface area contributed by atoms with Gasteiger partial charge < -0.3 is 4.74 Å². The summed E-state index contributed by atoms with van der Waals surface area (Å²) < 4.78 is 6.20. The Morgan fingerprint density at radius 1 is 1.47 bits per heavy atom. The Kier molecular flexibility index (Phi) is 5.95. The second kappa shape index (κ2) is 6.99. The molecule has 96 valence electrons. The number of hydrogen-bond donors (Lipinski definition) is 2. The molecule has 0 radical (unpaired) electrons. The second-order valence-electron chi connectivity index (χ2n) is 4.33. The van der Waals surface area contributed by atoms with E-state index in [1.54, 1.807) is 7.11 Å². The number of hydrogen-bond acceptors (Lipinski definition) is 3. The van der Waals surface area contributed by atoms with Crippen molar-refractivity contribution >= 4 is 15.9 Å². The van der Waals surface area contributed by atoms with Crippen LogP contribution in [0.1, 0.15) is 25.8 Å². The molecule has 0 amide bonds. The average molecular weight is 301 g/mol. The number of ether oxygens (including phenoxy) is 1. The number of hydrazine groups is 1. The Morgan fingerprint density at radius 2 is 2.18 bits per heavy atom. The zero-order chi connectivity index (χ0) is 12.8. The van der Waals surface area contributed by atoms with Gasteiger partial charge in [-0.05, 0) is 46.0 Å². The van der Waals surface area contributed by atoms with Gasteiger partial charge in [-0.1, -0.05) is 26.3 Å². The highest BCUT2D eigenvalue weighted by Gasteiger charge is 2.15. The third kappa shape index (κ3) is 3.98. The van der Waals surface area contributed by atoms with Crippen molar-refractivity contribution in [3.63, 3.8) is 0 Å². The van der Waals surface area contributed by atoms with E-state index in [9.17, 15) is 0 Å². The van der Waals surface area contributed by atoms with Crippen molar-refractivity contribution in [1.29, 1.82) is 0 Å². The van der Waals surface area contributed by atoms with Crippen LogP contribution >= 0.6 is 15.9 Å². The minimum Gasteiger partial charge on any atom is -0.496 e. The molecule has 3 nitrogen and oxygen atoms in total. The van der Waals surface area contributed by atoms with Gasteiger partial charge in [-0.15, -0.1) is 0 Å². The maximum Gasteiger partial charge on any atom is 0.133 e. The molecule has 0 bridgehead atoms. The lowest BCUT2D eigenvalue weighted by molar-refractivity contribution is 0.369. The van der Waals surface area contributed by atoms with E-state index >= 15 is 0 Å². The van der Waals surface area contributed by atoms with Gasteiger partial charge in [-0.2, -0.15) is 0 Å². The molecule has 0 fully saturated rings. The van der Waals surface area contributed by atoms with Crippen molar-refractivity contribution in [1.82, 2.24) is 5.43 Å². The highest BCUT2D eigenvalue weighted by molar-refractivity contribution is 9.10. The minimum absolute atomic E-state index is 0.306. The first-order chi connectivity index (χ1) is 8.12. The topological polar surface area (TPSA) is 47.3 Å². The van der Waals surface area contributed by atoms with Crippen molar-refractivity contribution in [2.75, 3.05) is 7.11 Å². The van der Waals surface area contributed by atoms with Crippen LogP contribution in [0, 0.1) is 5.92 Å². The molecule has 1 aromatic carbocycles. The summed E-state index contributed by atoms with van der Waals surface area (Å²) in [7, 11) is 1.67. The summed E-state index contributed by atoms with van der Waals surface area (Å²) in [5, 5.41) is 0. The minimum atomic E-state index is 0.306. The van der Waals surface area contributed by atoms with Gasteiger partial charge in [-0.3, -0.25) is 11.3 Å². The van der Waals surface area contributed by atoms with E-state index in [1.807, 2.05) is 6.07 Å². The first kappa shape index (κ1) is 14.5. The fourth-order valence-electron chi connectivity index (χ4n) is 1.80. The van der Waals surface area contributed by atoms with Crippen molar-refractivity contribution in [2.24, 2.45) is 11.8 Å². The number of nitrogens with one attached hydrogen (secondary N) is 1. The van der Waals surface area contributed by atoms with Crippen LogP contribution in [0.15, 0.2) is 22.7 Å². The first-order valence-electron chi connectivity index (χ1n) is 5.90. The standard InChI is InChI=1S/C13H21BrN2O/c1-4-9(2)12(16-15)8-10-5-6-13(17-3)11(14)7-10/h5-7,9,12,16H,4,8,15H2,1-3H3. The molecule has 0 spiro atoms. The average Bonchev–Trinajstić information content (AvgIpc) is 2.35. The van der Waals surface area contributed by atoms with Crippen molar-refractivity contribution < 1.29 is 4.74 Å². The molecule has 1 rings (SSSR count). The molecule has 0 saturated carbocycles. The van der Waals surface area contributed by atoms with Crippen LogP contribution in [0.3, 0.4) is 0 Å². The van der Waals surface area contributed by atoms with Crippen LogP contribution in [0.2, 0.25) is 0 Å². The summed E-state index contributed by atoms with van der Waals surface area (Å²) in [6, 6.07) is 6.45. The van der Waals surface area contributed by atoms with Gasteiger partial charge in [0.2, 0.25) is 0 Å². The number of methoxy groups -OCH3 is 1. The van der Waals surface area contributed by atoms with E-state index in [0.717, 1.165) is 23.1 Å². The zero-order valence-corrected chi connectivity index (χ0v) is 12.3. The lowest BCUT2D eigenvalue weighted by atomic mass is 9.93. The predicted molar refractivity (Wildman–Crippen MR) is 75.0 cm³/mol. The highest BCUT2D eigenvalue weighted by atomic mass is 79.9. The molecule has 17 heavy (non-hydrogen) atoms. The largest absolute Gasteiger partial charge is 0.496 e. The third-order valence-electron chi connectivity index (χ3n) is 3.22. The van der Waals surface area contributed by atoms with E-state index < -0.39 is 0 Å². The summed E-state index contributed by atoms with van der Waals surface area (Å²) in [6.07, 6.45) is 2.04. The maximum absolute atomic E-state index is 5.60. The van der Waals surface area contributed by atoms with Crippen LogP contribution in [0.4, 0.5) is 0 Å². The van der Waals surface area contributed by atoms with E-state index in [0.29, 0.717) is 12.0 Å². The van der Waals surface area contributed by atoms with Crippen LogP contribution in [0.25, 0.3) is 0 Å². The van der Waals surface area contributed by atoms with Crippen LogP contribution in [0.5, 0.6) is 5.75 Å². The fourth-order valence-corrected chi connectivity index (χ4v) is 2.39. The summed E-state index contributed by atoms with van der Waals surface area (Å²) in [6.45, 7) is 4.39. The third-order valence-corrected chi connectivity index (χ3v) is 3.84. The molecular formula is C13H21BrN2O. The Hall–Kier alpha value is -0.580. The number of nitrogens with two attached hydrogens (primary N) is 1. The van der Waals surface area contributed by atoms with Crippen molar-refractivity contribution in [3.8, 4) is 5.75 Å². The molecule has 0 aliphatic carbocycles. The fraction of sp³-hybridized carbons (Fsp3) is 0.538. The lowest BCUT2D eigenvalue weighted by Gasteiger charge is -2.22. The van der Waals surface area contributed by atoms with Gasteiger partial charge in [0, 0.05) is 6.04 Å². The van der Waals surface area contributed by atoms with E-state index in [-0.39, 0.29) is 0 Å². The molecule has 0 aliphatic heterocycles. The Balaban J connectivity index is 2.76. The molecule has 4 heteroatoms. The Bertz CT molecular complexity index is 357. The van der Waals surface area contributed by atoms with Crippen LogP contribution in [-0.4, -0.2) is 13.2 Å². The molecular weight excluding hydrogens is 280 g/mol. The number of benzene rings is 1. The van der Waals surface area contributed by atoms with E-state index in [4.69, 9.17) is 10.6 Å². The van der Waals surface area contributed by atoms with E-state index in [1.165, 1.54) is 5.56 Å². The van der Waals surface area contributed by atoms with Crippen LogP contribution < -0.4 is 16.0 Å². The first-order valence-corrected chi connectivity index (χ1v) is 6.70. The van der Waals surface area contributed by atoms with Gasteiger partial charge in [0.25, 0.3) is 0 Å². The summed E-state index contributed by atoms with van der Waals surface area (Å²) >= 11 is 3.50. The second-order valence-corrected chi connectivity index (χ2v) is 5.19.